The zero-order valence-corrected chi connectivity index (χ0v) is 17.0. The Hall–Kier alpha value is -3.11. The SMILES string of the molecule is CC(=O)Nc1ccc(S(=O)(=O)Nc2nc(-c3ccc4c(c3)OCCO4)cs2)cc1. The summed E-state index contributed by atoms with van der Waals surface area (Å²) < 4.78 is 38.8. The highest BCUT2D eigenvalue weighted by molar-refractivity contribution is 7.93. The predicted octanol–water partition coefficient (Wildman–Crippen LogP) is 3.34. The van der Waals surface area contributed by atoms with E-state index >= 15 is 0 Å². The van der Waals surface area contributed by atoms with Gasteiger partial charge in [-0.25, -0.2) is 13.4 Å². The van der Waals surface area contributed by atoms with Crippen LogP contribution >= 0.6 is 11.3 Å². The monoisotopic (exact) mass is 431 g/mol. The molecular formula is C19H17N3O5S2. The number of nitrogens with one attached hydrogen (secondary N) is 2. The van der Waals surface area contributed by atoms with Crippen molar-refractivity contribution in [1.29, 1.82) is 0 Å². The van der Waals surface area contributed by atoms with E-state index in [0.29, 0.717) is 36.1 Å². The number of anilines is 2. The Balaban J connectivity index is 1.51. The molecule has 0 spiro atoms. The third-order valence-corrected chi connectivity index (χ3v) is 6.29. The van der Waals surface area contributed by atoms with Gasteiger partial charge in [0.25, 0.3) is 10.0 Å². The molecule has 0 aliphatic carbocycles. The van der Waals surface area contributed by atoms with Crippen LogP contribution in [0.3, 0.4) is 0 Å². The van der Waals surface area contributed by atoms with Gasteiger partial charge in [0.2, 0.25) is 5.91 Å². The van der Waals surface area contributed by atoms with Crippen LogP contribution in [0, 0.1) is 0 Å². The van der Waals surface area contributed by atoms with Crippen LogP contribution in [0.1, 0.15) is 6.92 Å². The van der Waals surface area contributed by atoms with Gasteiger partial charge in [0, 0.05) is 23.6 Å². The van der Waals surface area contributed by atoms with E-state index in [1.165, 1.54) is 42.5 Å². The van der Waals surface area contributed by atoms with E-state index in [1.54, 1.807) is 5.38 Å². The molecule has 1 aliphatic rings. The molecule has 1 amide bonds. The molecule has 2 aromatic carbocycles. The molecule has 0 bridgehead atoms. The minimum Gasteiger partial charge on any atom is -0.486 e. The second kappa shape index (κ2) is 7.72. The fraction of sp³-hybridized carbons (Fsp3) is 0.158. The Bertz CT molecular complexity index is 1160. The highest BCUT2D eigenvalue weighted by Gasteiger charge is 2.18. The molecule has 0 fully saturated rings. The maximum Gasteiger partial charge on any atom is 0.263 e. The lowest BCUT2D eigenvalue weighted by atomic mass is 10.1. The maximum absolute atomic E-state index is 12.6. The van der Waals surface area contributed by atoms with Gasteiger partial charge in [0.05, 0.1) is 10.6 Å². The van der Waals surface area contributed by atoms with E-state index < -0.39 is 10.0 Å². The second-order valence-electron chi connectivity index (χ2n) is 6.21. The first-order chi connectivity index (χ1) is 13.9. The third kappa shape index (κ3) is 4.33. The van der Waals surface area contributed by atoms with Crippen molar-refractivity contribution < 1.29 is 22.7 Å². The van der Waals surface area contributed by atoms with E-state index in [0.717, 1.165) is 5.56 Å². The van der Waals surface area contributed by atoms with Gasteiger partial charge in [-0.05, 0) is 42.5 Å². The van der Waals surface area contributed by atoms with Crippen molar-refractivity contribution in [1.82, 2.24) is 4.98 Å². The van der Waals surface area contributed by atoms with Crippen LogP contribution in [-0.4, -0.2) is 32.5 Å². The molecule has 2 N–H and O–H groups in total. The molecule has 1 aromatic heterocycles. The number of nitrogens with zero attached hydrogens (tertiary/aromatic N) is 1. The number of benzene rings is 2. The predicted molar refractivity (Wildman–Crippen MR) is 110 cm³/mol. The van der Waals surface area contributed by atoms with Crippen LogP contribution in [0.25, 0.3) is 11.3 Å². The van der Waals surface area contributed by atoms with Crippen molar-refractivity contribution in [3.05, 3.63) is 47.8 Å². The number of thiazole rings is 1. The van der Waals surface area contributed by atoms with Gasteiger partial charge in [-0.1, -0.05) is 0 Å². The number of amides is 1. The van der Waals surface area contributed by atoms with Crippen LogP contribution in [0.15, 0.2) is 52.7 Å². The highest BCUT2D eigenvalue weighted by atomic mass is 32.2. The molecule has 150 valence electrons. The van der Waals surface area contributed by atoms with E-state index in [2.05, 4.69) is 15.0 Å². The Morgan fingerprint density at radius 1 is 1.07 bits per heavy atom. The standard InChI is InChI=1S/C19H17N3O5S2/c1-12(23)20-14-3-5-15(6-4-14)29(24,25)22-19-21-16(11-28-19)13-2-7-17-18(10-13)27-9-8-26-17/h2-7,10-11H,8-9H2,1H3,(H,20,23)(H,21,22). The van der Waals surface area contributed by atoms with Crippen LogP contribution in [0.4, 0.5) is 10.8 Å². The summed E-state index contributed by atoms with van der Waals surface area (Å²) in [7, 11) is -3.80. The molecule has 29 heavy (non-hydrogen) atoms. The summed E-state index contributed by atoms with van der Waals surface area (Å²) in [4.78, 5) is 15.5. The number of sulfonamides is 1. The van der Waals surface area contributed by atoms with Crippen molar-refractivity contribution in [3.8, 4) is 22.8 Å². The molecule has 0 radical (unpaired) electrons. The third-order valence-electron chi connectivity index (χ3n) is 4.05. The summed E-state index contributed by atoms with van der Waals surface area (Å²) in [6.45, 7) is 2.38. The summed E-state index contributed by atoms with van der Waals surface area (Å²) in [6.07, 6.45) is 0. The molecule has 8 nitrogen and oxygen atoms in total. The first-order valence-corrected chi connectivity index (χ1v) is 11.0. The second-order valence-corrected chi connectivity index (χ2v) is 8.75. The van der Waals surface area contributed by atoms with E-state index in [1.807, 2.05) is 18.2 Å². The average molecular weight is 431 g/mol. The number of hydrogen-bond acceptors (Lipinski definition) is 7. The van der Waals surface area contributed by atoms with Crippen molar-refractivity contribution in [2.24, 2.45) is 0 Å². The lowest BCUT2D eigenvalue weighted by molar-refractivity contribution is -0.114. The summed E-state index contributed by atoms with van der Waals surface area (Å²) >= 11 is 1.18. The summed E-state index contributed by atoms with van der Waals surface area (Å²) in [5.74, 6) is 1.09. The molecule has 4 rings (SSSR count). The number of fused-ring (bicyclic) bond motifs is 1. The van der Waals surface area contributed by atoms with Gasteiger partial charge in [0.15, 0.2) is 16.6 Å². The Morgan fingerprint density at radius 2 is 1.79 bits per heavy atom. The van der Waals surface area contributed by atoms with Gasteiger partial charge in [-0.3, -0.25) is 9.52 Å². The minimum atomic E-state index is -3.80. The van der Waals surface area contributed by atoms with E-state index in [-0.39, 0.29) is 15.9 Å². The number of aromatic nitrogens is 1. The van der Waals surface area contributed by atoms with Crippen LogP contribution in [-0.2, 0) is 14.8 Å². The molecule has 0 saturated heterocycles. The largest absolute Gasteiger partial charge is 0.486 e. The van der Waals surface area contributed by atoms with Crippen molar-refractivity contribution in [2.75, 3.05) is 23.3 Å². The number of ether oxygens (including phenoxy) is 2. The lowest BCUT2D eigenvalue weighted by Crippen LogP contribution is -2.15. The van der Waals surface area contributed by atoms with E-state index in [4.69, 9.17) is 9.47 Å². The molecule has 3 aromatic rings. The van der Waals surface area contributed by atoms with Crippen molar-refractivity contribution >= 4 is 38.1 Å². The molecule has 2 heterocycles. The van der Waals surface area contributed by atoms with Gasteiger partial charge >= 0.3 is 0 Å². The first-order valence-electron chi connectivity index (χ1n) is 8.67. The average Bonchev–Trinajstić information content (AvgIpc) is 3.15. The van der Waals surface area contributed by atoms with Crippen molar-refractivity contribution in [2.45, 2.75) is 11.8 Å². The smallest absolute Gasteiger partial charge is 0.263 e. The Kier molecular flexibility index (Phi) is 5.12. The summed E-state index contributed by atoms with van der Waals surface area (Å²) in [6, 6.07) is 11.4. The quantitative estimate of drug-likeness (QED) is 0.642. The zero-order valence-electron chi connectivity index (χ0n) is 15.3. The maximum atomic E-state index is 12.6. The number of carbonyl (C=O) groups is 1. The van der Waals surface area contributed by atoms with Crippen LogP contribution in [0.5, 0.6) is 11.5 Å². The summed E-state index contributed by atoms with van der Waals surface area (Å²) in [5.41, 5.74) is 1.95. The Labute approximate surface area is 171 Å². The fourth-order valence-corrected chi connectivity index (χ4v) is 4.72. The zero-order chi connectivity index (χ0) is 20.4. The molecular weight excluding hydrogens is 414 g/mol. The number of rotatable bonds is 5. The molecule has 0 saturated carbocycles. The normalized spacial score (nSPS) is 13.0. The molecule has 0 unspecified atom stereocenters. The number of carbonyl (C=O) groups excluding carboxylic acids is 1. The first kappa shape index (κ1) is 19.2. The fourth-order valence-electron chi connectivity index (χ4n) is 2.75. The summed E-state index contributed by atoms with van der Waals surface area (Å²) in [5, 5.41) is 4.61. The van der Waals surface area contributed by atoms with Gasteiger partial charge in [0.1, 0.15) is 13.2 Å². The van der Waals surface area contributed by atoms with Gasteiger partial charge < -0.3 is 14.8 Å². The van der Waals surface area contributed by atoms with Crippen LogP contribution in [0.2, 0.25) is 0 Å². The highest BCUT2D eigenvalue weighted by Crippen LogP contribution is 2.35. The molecule has 1 aliphatic heterocycles. The van der Waals surface area contributed by atoms with Crippen molar-refractivity contribution in [3.63, 3.8) is 0 Å². The van der Waals surface area contributed by atoms with Crippen LogP contribution < -0.4 is 19.5 Å². The lowest BCUT2D eigenvalue weighted by Gasteiger charge is -2.18. The minimum absolute atomic E-state index is 0.0719. The van der Waals surface area contributed by atoms with Gasteiger partial charge in [-0.15, -0.1) is 11.3 Å². The molecule has 10 heteroatoms. The molecule has 0 atom stereocenters. The topological polar surface area (TPSA) is 107 Å². The van der Waals surface area contributed by atoms with E-state index in [9.17, 15) is 13.2 Å². The Morgan fingerprint density at radius 3 is 2.52 bits per heavy atom. The number of hydrogen-bond donors (Lipinski definition) is 2. The van der Waals surface area contributed by atoms with Gasteiger partial charge in [-0.2, -0.15) is 0 Å².